The summed E-state index contributed by atoms with van der Waals surface area (Å²) in [6.07, 6.45) is 4.25. The summed E-state index contributed by atoms with van der Waals surface area (Å²) < 4.78 is 31.8. The lowest BCUT2D eigenvalue weighted by Gasteiger charge is -2.22. The lowest BCUT2D eigenvalue weighted by molar-refractivity contribution is -0.710. The molecule has 2 amide bonds. The molecule has 4 aromatic carbocycles. The van der Waals surface area contributed by atoms with Crippen LogP contribution in [0.25, 0.3) is 21.5 Å². The summed E-state index contributed by atoms with van der Waals surface area (Å²) in [6, 6.07) is 28.4. The predicted octanol–water partition coefficient (Wildman–Crippen LogP) is 6.57. The van der Waals surface area contributed by atoms with Crippen molar-refractivity contribution in [3.05, 3.63) is 163 Å². The first kappa shape index (κ1) is 40.1. The first-order valence-electron chi connectivity index (χ1n) is 20.0. The van der Waals surface area contributed by atoms with Crippen molar-refractivity contribution >= 4 is 33.4 Å². The van der Waals surface area contributed by atoms with E-state index in [4.69, 9.17) is 0 Å². The van der Waals surface area contributed by atoms with Crippen molar-refractivity contribution in [3.63, 3.8) is 0 Å². The molecule has 2 aliphatic rings. The molecular formula is C46H49F2N6O4+. The summed E-state index contributed by atoms with van der Waals surface area (Å²) in [7, 11) is 0. The van der Waals surface area contributed by atoms with E-state index in [1.807, 2.05) is 74.5 Å². The molecule has 0 spiro atoms. The molecule has 2 unspecified atom stereocenters. The van der Waals surface area contributed by atoms with Gasteiger partial charge in [-0.3, -0.25) is 19.2 Å². The van der Waals surface area contributed by atoms with Crippen LogP contribution >= 0.6 is 0 Å². The maximum absolute atomic E-state index is 14.5. The van der Waals surface area contributed by atoms with Crippen LogP contribution in [0.4, 0.5) is 8.78 Å². The molecule has 2 fully saturated rings. The number of nitrogens with one attached hydrogen (secondary N) is 3. The molecule has 58 heavy (non-hydrogen) atoms. The minimum absolute atomic E-state index is 0.0457. The van der Waals surface area contributed by atoms with Crippen LogP contribution in [0.3, 0.4) is 0 Å². The number of benzene rings is 4. The minimum Gasteiger partial charge on any atom is -0.345 e. The Kier molecular flexibility index (Phi) is 11.8. The highest BCUT2D eigenvalue weighted by Gasteiger charge is 2.36. The Balaban J connectivity index is 0.000000177. The smallest absolute Gasteiger partial charge is 0.307 e. The molecule has 2 saturated carbocycles. The van der Waals surface area contributed by atoms with Gasteiger partial charge in [-0.25, -0.2) is 18.9 Å². The Morgan fingerprint density at radius 1 is 0.655 bits per heavy atom. The summed E-state index contributed by atoms with van der Waals surface area (Å²) in [5, 5.41) is 6.88. The van der Waals surface area contributed by atoms with Gasteiger partial charge in [0.2, 0.25) is 0 Å². The summed E-state index contributed by atoms with van der Waals surface area (Å²) in [4.78, 5) is 52.5. The summed E-state index contributed by atoms with van der Waals surface area (Å²) >= 11 is 0. The average Bonchev–Trinajstić information content (AvgIpc) is 4.16. The number of halogens is 2. The monoisotopic (exact) mass is 787 g/mol. The number of aromatic nitrogens is 2. The standard InChI is InChI=1S/2C23H24FN3O2/c2*1-3-25-27-14(2)19(17-10-7-11-18(24)20(17)23(27)29)22(28)26-21(16-12-13-16)15-8-5-4-6-9-15/h2*4-11,16,21,25H,3,12-13H2,1-2H3,(H,26,28)/p+1. The molecule has 0 aliphatic heterocycles. The molecule has 10 nitrogen and oxygen atoms in total. The third-order valence-corrected chi connectivity index (χ3v) is 11.0. The second kappa shape index (κ2) is 17.2. The van der Waals surface area contributed by atoms with E-state index in [-0.39, 0.29) is 34.7 Å². The Hall–Kier alpha value is -6.14. The Morgan fingerprint density at radius 2 is 1.10 bits per heavy atom. The van der Waals surface area contributed by atoms with Crippen molar-refractivity contribution in [1.29, 1.82) is 0 Å². The van der Waals surface area contributed by atoms with E-state index < -0.39 is 22.8 Å². The number of hydrogen-bond acceptors (Lipinski definition) is 5. The fraction of sp³-hybridized carbons (Fsp3) is 0.304. The molecule has 0 saturated heterocycles. The molecule has 2 aliphatic carbocycles. The molecule has 2 atom stereocenters. The minimum atomic E-state index is -0.630. The van der Waals surface area contributed by atoms with Crippen molar-refractivity contribution in [2.24, 2.45) is 11.8 Å². The van der Waals surface area contributed by atoms with E-state index in [9.17, 15) is 28.0 Å². The molecule has 8 rings (SSSR count). The van der Waals surface area contributed by atoms with Gasteiger partial charge in [0.25, 0.3) is 17.4 Å². The van der Waals surface area contributed by atoms with Gasteiger partial charge in [0, 0.05) is 17.3 Å². The van der Waals surface area contributed by atoms with Crippen LogP contribution in [0.15, 0.2) is 107 Å². The third kappa shape index (κ3) is 8.02. The number of carbonyl (C=O) groups is 2. The SMILES string of the molecule is CCNn1c(C)c(C(=O)NC(c2ccccc2)C2CC2)c2cccc(F)c2c1=O.CC[NH2+]n1c(C)c(C(=O)NC(c2ccccc2)C2CC2)c2cccc(F)c2c1=O. The van der Waals surface area contributed by atoms with E-state index in [1.165, 1.54) is 33.6 Å². The number of quaternary nitrogens is 1. The van der Waals surface area contributed by atoms with Crippen LogP contribution in [0.1, 0.15) is 94.8 Å². The van der Waals surface area contributed by atoms with Crippen LogP contribution in [-0.2, 0) is 0 Å². The molecule has 2 aromatic heterocycles. The molecule has 0 bridgehead atoms. The number of amides is 2. The maximum Gasteiger partial charge on any atom is 0.307 e. The van der Waals surface area contributed by atoms with Gasteiger partial charge in [0.1, 0.15) is 11.6 Å². The van der Waals surface area contributed by atoms with Crippen molar-refractivity contribution in [1.82, 2.24) is 20.0 Å². The zero-order valence-corrected chi connectivity index (χ0v) is 33.2. The van der Waals surface area contributed by atoms with Gasteiger partial charge in [0.15, 0.2) is 0 Å². The second-order valence-electron chi connectivity index (χ2n) is 15.1. The number of nitrogens with two attached hydrogens (primary N) is 1. The normalized spacial score (nSPS) is 14.7. The first-order chi connectivity index (χ1) is 28.0. The number of fused-ring (bicyclic) bond motifs is 2. The number of hydrogen-bond donors (Lipinski definition) is 4. The van der Waals surface area contributed by atoms with E-state index in [2.05, 4.69) is 16.1 Å². The Morgan fingerprint density at radius 3 is 1.53 bits per heavy atom. The van der Waals surface area contributed by atoms with Crippen LogP contribution in [-0.4, -0.2) is 34.3 Å². The Labute approximate surface area is 335 Å². The predicted molar refractivity (Wildman–Crippen MR) is 222 cm³/mol. The lowest BCUT2D eigenvalue weighted by Crippen LogP contribution is -2.90. The Bertz CT molecular complexity index is 2420. The third-order valence-electron chi connectivity index (χ3n) is 11.0. The van der Waals surface area contributed by atoms with Gasteiger partial charge in [0.05, 0.1) is 51.9 Å². The molecular weight excluding hydrogens is 739 g/mol. The number of pyridine rings is 2. The summed E-state index contributed by atoms with van der Waals surface area (Å²) in [5.74, 6) is -1.03. The average molecular weight is 788 g/mol. The summed E-state index contributed by atoms with van der Waals surface area (Å²) in [5.41, 5.74) is 7.48. The number of rotatable bonds is 12. The van der Waals surface area contributed by atoms with Crippen LogP contribution < -0.4 is 32.6 Å². The molecule has 12 heteroatoms. The molecule has 2 heterocycles. The fourth-order valence-electron chi connectivity index (χ4n) is 7.94. The van der Waals surface area contributed by atoms with Gasteiger partial charge < -0.3 is 16.1 Å². The van der Waals surface area contributed by atoms with Crippen LogP contribution in [0.2, 0.25) is 0 Å². The highest BCUT2D eigenvalue weighted by atomic mass is 19.1. The highest BCUT2D eigenvalue weighted by Crippen LogP contribution is 2.42. The first-order valence-corrected chi connectivity index (χ1v) is 20.0. The number of carbonyl (C=O) groups excluding carboxylic acids is 2. The van der Waals surface area contributed by atoms with Crippen LogP contribution in [0.5, 0.6) is 0 Å². The van der Waals surface area contributed by atoms with Gasteiger partial charge in [-0.15, -0.1) is 0 Å². The quantitative estimate of drug-likeness (QED) is 0.104. The van der Waals surface area contributed by atoms with Crippen molar-refractivity contribution in [2.75, 3.05) is 18.5 Å². The van der Waals surface area contributed by atoms with Gasteiger partial charge in [-0.2, -0.15) is 4.68 Å². The van der Waals surface area contributed by atoms with E-state index in [0.717, 1.165) is 36.8 Å². The van der Waals surface area contributed by atoms with E-state index >= 15 is 0 Å². The zero-order chi connectivity index (χ0) is 41.1. The van der Waals surface area contributed by atoms with Crippen molar-refractivity contribution in [2.45, 2.75) is 65.5 Å². The van der Waals surface area contributed by atoms with E-state index in [0.29, 0.717) is 58.2 Å². The maximum atomic E-state index is 14.5. The van der Waals surface area contributed by atoms with E-state index in [1.54, 1.807) is 31.4 Å². The molecule has 0 radical (unpaired) electrons. The largest absolute Gasteiger partial charge is 0.345 e. The molecule has 300 valence electrons. The second-order valence-corrected chi connectivity index (χ2v) is 15.1. The van der Waals surface area contributed by atoms with Crippen molar-refractivity contribution < 1.29 is 23.8 Å². The summed E-state index contributed by atoms with van der Waals surface area (Å²) in [6.45, 7) is 8.25. The van der Waals surface area contributed by atoms with Gasteiger partial charge in [-0.1, -0.05) is 84.9 Å². The van der Waals surface area contributed by atoms with Gasteiger partial charge in [-0.05, 0) is 88.5 Å². The van der Waals surface area contributed by atoms with Gasteiger partial charge >= 0.3 is 5.56 Å². The lowest BCUT2D eigenvalue weighted by atomic mass is 9.99. The van der Waals surface area contributed by atoms with Crippen molar-refractivity contribution in [3.8, 4) is 0 Å². The highest BCUT2D eigenvalue weighted by molar-refractivity contribution is 6.09. The topological polar surface area (TPSA) is 131 Å². The number of nitrogens with zero attached hydrogens (tertiary/aromatic N) is 2. The zero-order valence-electron chi connectivity index (χ0n) is 33.2. The van der Waals surface area contributed by atoms with Crippen LogP contribution in [0, 0.1) is 37.3 Å². The molecule has 6 aromatic rings. The fourth-order valence-corrected chi connectivity index (χ4v) is 7.94. The molecule has 5 N–H and O–H groups in total.